The first-order valence-electron chi connectivity index (χ1n) is 12.4. The summed E-state index contributed by atoms with van der Waals surface area (Å²) in [6.45, 7) is 8.96. The summed E-state index contributed by atoms with van der Waals surface area (Å²) in [6.07, 6.45) is 0. The predicted octanol–water partition coefficient (Wildman–Crippen LogP) is 5.01. The van der Waals surface area contributed by atoms with Gasteiger partial charge in [0.25, 0.3) is 10.0 Å². The van der Waals surface area contributed by atoms with Crippen LogP contribution < -0.4 is 9.62 Å². The van der Waals surface area contributed by atoms with Crippen molar-refractivity contribution in [2.75, 3.05) is 17.4 Å². The molecular formula is C29H34ClN3O4S. The maximum Gasteiger partial charge on any atom is 0.264 e. The molecule has 0 aliphatic carbocycles. The zero-order chi connectivity index (χ0) is 28.0. The number of likely N-dealkylation sites (N-methyl/N-ethyl adjacent to an activating group) is 1. The fourth-order valence-electron chi connectivity index (χ4n) is 4.15. The van der Waals surface area contributed by atoms with Crippen LogP contribution in [0.15, 0.2) is 71.6 Å². The first-order chi connectivity index (χ1) is 17.9. The zero-order valence-electron chi connectivity index (χ0n) is 22.4. The molecule has 0 unspecified atom stereocenters. The van der Waals surface area contributed by atoms with Crippen molar-refractivity contribution < 1.29 is 18.0 Å². The van der Waals surface area contributed by atoms with Gasteiger partial charge in [0.15, 0.2) is 0 Å². The van der Waals surface area contributed by atoms with E-state index in [0.29, 0.717) is 28.4 Å². The summed E-state index contributed by atoms with van der Waals surface area (Å²) in [5, 5.41) is 3.20. The van der Waals surface area contributed by atoms with E-state index >= 15 is 0 Å². The van der Waals surface area contributed by atoms with Crippen LogP contribution in [-0.4, -0.2) is 44.3 Å². The number of nitrogens with one attached hydrogen (secondary N) is 1. The highest BCUT2D eigenvalue weighted by molar-refractivity contribution is 7.92. The minimum absolute atomic E-state index is 0.0438. The molecule has 0 spiro atoms. The van der Waals surface area contributed by atoms with Gasteiger partial charge in [0.1, 0.15) is 12.6 Å². The van der Waals surface area contributed by atoms with Gasteiger partial charge in [-0.15, -0.1) is 0 Å². The second kappa shape index (κ2) is 12.5. The summed E-state index contributed by atoms with van der Waals surface area (Å²) in [6, 6.07) is 18.1. The summed E-state index contributed by atoms with van der Waals surface area (Å²) >= 11 is 6.38. The molecule has 0 radical (unpaired) electrons. The van der Waals surface area contributed by atoms with Gasteiger partial charge >= 0.3 is 0 Å². The smallest absolute Gasteiger partial charge is 0.264 e. The van der Waals surface area contributed by atoms with Crippen LogP contribution in [0.1, 0.15) is 36.1 Å². The van der Waals surface area contributed by atoms with Crippen molar-refractivity contribution in [1.82, 2.24) is 10.2 Å². The molecule has 0 aliphatic rings. The summed E-state index contributed by atoms with van der Waals surface area (Å²) in [4.78, 5) is 28.1. The molecule has 3 rings (SSSR count). The third-order valence-electron chi connectivity index (χ3n) is 6.33. The maximum atomic E-state index is 13.9. The molecule has 1 N–H and O–H groups in total. The lowest BCUT2D eigenvalue weighted by molar-refractivity contribution is -0.139. The number of hydrogen-bond acceptors (Lipinski definition) is 4. The van der Waals surface area contributed by atoms with Gasteiger partial charge in [0.05, 0.1) is 10.6 Å². The maximum absolute atomic E-state index is 13.9. The molecule has 38 heavy (non-hydrogen) atoms. The Morgan fingerprint density at radius 2 is 1.58 bits per heavy atom. The molecule has 9 heteroatoms. The number of sulfonamides is 1. The van der Waals surface area contributed by atoms with Gasteiger partial charge in [-0.25, -0.2) is 8.42 Å². The van der Waals surface area contributed by atoms with E-state index in [1.165, 1.54) is 17.0 Å². The monoisotopic (exact) mass is 555 g/mol. The van der Waals surface area contributed by atoms with E-state index in [4.69, 9.17) is 11.6 Å². The molecule has 0 saturated carbocycles. The van der Waals surface area contributed by atoms with Crippen LogP contribution in [0.5, 0.6) is 0 Å². The number of rotatable bonds is 10. The number of amides is 2. The summed E-state index contributed by atoms with van der Waals surface area (Å²) in [7, 11) is -4.11. The van der Waals surface area contributed by atoms with Crippen molar-refractivity contribution >= 4 is 39.1 Å². The Balaban J connectivity index is 2.08. The Bertz CT molecular complexity index is 1410. The molecule has 7 nitrogen and oxygen atoms in total. The van der Waals surface area contributed by atoms with Crippen molar-refractivity contribution in [3.63, 3.8) is 0 Å². The number of carbonyl (C=O) groups is 2. The minimum atomic E-state index is -4.11. The number of nitrogens with zero attached hydrogens (tertiary/aromatic N) is 2. The molecule has 3 aromatic carbocycles. The zero-order valence-corrected chi connectivity index (χ0v) is 23.9. The lowest BCUT2D eigenvalue weighted by Crippen LogP contribution is -2.51. The average Bonchev–Trinajstić information content (AvgIpc) is 2.87. The highest BCUT2D eigenvalue weighted by Crippen LogP contribution is 2.28. The molecule has 0 aromatic heterocycles. The van der Waals surface area contributed by atoms with E-state index < -0.39 is 28.5 Å². The van der Waals surface area contributed by atoms with Gasteiger partial charge < -0.3 is 10.2 Å². The van der Waals surface area contributed by atoms with Crippen LogP contribution in [0.2, 0.25) is 5.02 Å². The second-order valence-corrected chi connectivity index (χ2v) is 11.6. The summed E-state index contributed by atoms with van der Waals surface area (Å²) < 4.78 is 28.9. The van der Waals surface area contributed by atoms with Gasteiger partial charge in [-0.3, -0.25) is 13.9 Å². The van der Waals surface area contributed by atoms with Gasteiger partial charge in [-0.2, -0.15) is 0 Å². The Hall–Kier alpha value is -3.36. The number of aryl methyl sites for hydroxylation is 3. The highest BCUT2D eigenvalue weighted by Gasteiger charge is 2.33. The Morgan fingerprint density at radius 1 is 0.947 bits per heavy atom. The predicted molar refractivity (Wildman–Crippen MR) is 152 cm³/mol. The lowest BCUT2D eigenvalue weighted by atomic mass is 10.1. The molecular weight excluding hydrogens is 522 g/mol. The molecule has 0 saturated heterocycles. The summed E-state index contributed by atoms with van der Waals surface area (Å²) in [5.74, 6) is -0.869. The lowest BCUT2D eigenvalue weighted by Gasteiger charge is -2.32. The first kappa shape index (κ1) is 29.2. The van der Waals surface area contributed by atoms with Crippen LogP contribution in [0, 0.1) is 20.8 Å². The molecule has 202 valence electrons. The molecule has 0 aliphatic heterocycles. The van der Waals surface area contributed by atoms with Crippen LogP contribution >= 0.6 is 11.6 Å². The van der Waals surface area contributed by atoms with Crippen LogP contribution in [0.25, 0.3) is 0 Å². The van der Waals surface area contributed by atoms with E-state index in [0.717, 1.165) is 15.4 Å². The number of halogens is 1. The third kappa shape index (κ3) is 6.74. The minimum Gasteiger partial charge on any atom is -0.355 e. The number of benzene rings is 3. The molecule has 0 bridgehead atoms. The normalized spacial score (nSPS) is 12.1. The van der Waals surface area contributed by atoms with E-state index in [9.17, 15) is 18.0 Å². The average molecular weight is 556 g/mol. The van der Waals surface area contributed by atoms with E-state index in [-0.39, 0.29) is 17.3 Å². The van der Waals surface area contributed by atoms with Crippen LogP contribution in [0.3, 0.4) is 0 Å². The molecule has 2 amide bonds. The van der Waals surface area contributed by atoms with Crippen LogP contribution in [0.4, 0.5) is 5.69 Å². The van der Waals surface area contributed by atoms with Gasteiger partial charge in [0.2, 0.25) is 11.8 Å². The van der Waals surface area contributed by atoms with E-state index in [1.807, 2.05) is 32.9 Å². The highest BCUT2D eigenvalue weighted by atomic mass is 35.5. The third-order valence-corrected chi connectivity index (χ3v) is 8.47. The Morgan fingerprint density at radius 3 is 2.18 bits per heavy atom. The van der Waals surface area contributed by atoms with Crippen molar-refractivity contribution in [2.45, 2.75) is 52.1 Å². The molecule has 1 atom stereocenters. The molecule has 3 aromatic rings. The van der Waals surface area contributed by atoms with Crippen molar-refractivity contribution in [3.05, 3.63) is 94.0 Å². The van der Waals surface area contributed by atoms with Gasteiger partial charge in [-0.05, 0) is 70.0 Å². The van der Waals surface area contributed by atoms with Crippen molar-refractivity contribution in [1.29, 1.82) is 0 Å². The van der Waals surface area contributed by atoms with Gasteiger partial charge in [0, 0.05) is 18.1 Å². The number of anilines is 1. The molecule has 0 heterocycles. The summed E-state index contributed by atoms with van der Waals surface area (Å²) in [5.41, 5.74) is 3.64. The first-order valence-corrected chi connectivity index (χ1v) is 14.2. The van der Waals surface area contributed by atoms with Gasteiger partial charge in [-0.1, -0.05) is 65.2 Å². The van der Waals surface area contributed by atoms with Crippen LogP contribution in [-0.2, 0) is 26.2 Å². The van der Waals surface area contributed by atoms with Crippen molar-refractivity contribution in [2.24, 2.45) is 0 Å². The van der Waals surface area contributed by atoms with Crippen molar-refractivity contribution in [3.8, 4) is 0 Å². The second-order valence-electron chi connectivity index (χ2n) is 9.30. The largest absolute Gasteiger partial charge is 0.355 e. The topological polar surface area (TPSA) is 86.8 Å². The SMILES string of the molecule is CCNC(=O)[C@H](C)N(Cc1ccccc1Cl)C(=O)CN(c1ccc(C)cc1C)S(=O)(=O)c1ccc(C)cc1. The van der Waals surface area contributed by atoms with E-state index in [2.05, 4.69) is 5.32 Å². The Labute approximate surface area is 230 Å². The number of carbonyl (C=O) groups excluding carboxylic acids is 2. The molecule has 0 fully saturated rings. The quantitative estimate of drug-likeness (QED) is 0.381. The Kier molecular flexibility index (Phi) is 9.57. The standard InChI is InChI=1S/C29H34ClN3O4S/c1-6-31-29(35)23(5)32(18-24-9-7-8-10-26(24)30)28(34)19-33(27-16-13-21(3)17-22(27)4)38(36,37)25-14-11-20(2)12-15-25/h7-17,23H,6,18-19H2,1-5H3,(H,31,35)/t23-/m0/s1. The fourth-order valence-corrected chi connectivity index (χ4v) is 5.82. The van der Waals surface area contributed by atoms with E-state index in [1.54, 1.807) is 56.3 Å². The fraction of sp³-hybridized carbons (Fsp3) is 0.310. The number of hydrogen-bond donors (Lipinski definition) is 1.